The SMILES string of the molecule is Cc1ccc2c(c1)COC(=O)N2C1CCN(CC(=O)Nc2cccc(N(C)C)c2)CC1. The number of hydrogen-bond donors (Lipinski definition) is 1. The Morgan fingerprint density at radius 1 is 1.16 bits per heavy atom. The molecule has 1 fully saturated rings. The molecular weight excluding hydrogens is 392 g/mol. The third kappa shape index (κ3) is 4.82. The summed E-state index contributed by atoms with van der Waals surface area (Å²) < 4.78 is 5.42. The second-order valence-electron chi connectivity index (χ2n) is 8.56. The molecule has 0 unspecified atom stereocenters. The van der Waals surface area contributed by atoms with Gasteiger partial charge in [0.25, 0.3) is 0 Å². The van der Waals surface area contributed by atoms with Crippen LogP contribution in [0, 0.1) is 6.92 Å². The fraction of sp³-hybridized carbons (Fsp3) is 0.417. The van der Waals surface area contributed by atoms with Crippen LogP contribution in [0.1, 0.15) is 24.0 Å². The monoisotopic (exact) mass is 422 g/mol. The maximum atomic E-state index is 12.5. The number of anilines is 3. The Labute approximate surface area is 183 Å². The van der Waals surface area contributed by atoms with E-state index in [-0.39, 0.29) is 18.0 Å². The van der Waals surface area contributed by atoms with Gasteiger partial charge in [-0.3, -0.25) is 14.6 Å². The molecule has 4 rings (SSSR count). The second kappa shape index (κ2) is 8.98. The molecule has 7 nitrogen and oxygen atoms in total. The van der Waals surface area contributed by atoms with Crippen molar-refractivity contribution in [3.63, 3.8) is 0 Å². The van der Waals surface area contributed by atoms with E-state index in [0.29, 0.717) is 13.2 Å². The zero-order valence-electron chi connectivity index (χ0n) is 18.4. The molecule has 1 N–H and O–H groups in total. The van der Waals surface area contributed by atoms with Gasteiger partial charge in [0.2, 0.25) is 5.91 Å². The Morgan fingerprint density at radius 3 is 2.68 bits per heavy atom. The quantitative estimate of drug-likeness (QED) is 0.797. The van der Waals surface area contributed by atoms with E-state index in [1.54, 1.807) is 0 Å². The molecule has 0 atom stereocenters. The van der Waals surface area contributed by atoms with E-state index in [4.69, 9.17) is 4.74 Å². The van der Waals surface area contributed by atoms with Crippen LogP contribution in [-0.2, 0) is 16.1 Å². The highest BCUT2D eigenvalue weighted by Gasteiger charge is 2.34. The van der Waals surface area contributed by atoms with Crippen molar-refractivity contribution in [1.82, 2.24) is 4.90 Å². The number of rotatable bonds is 5. The molecule has 0 aliphatic carbocycles. The number of nitrogens with zero attached hydrogens (tertiary/aromatic N) is 3. The molecule has 2 heterocycles. The Kier molecular flexibility index (Phi) is 6.13. The summed E-state index contributed by atoms with van der Waals surface area (Å²) >= 11 is 0. The molecule has 0 spiro atoms. The van der Waals surface area contributed by atoms with E-state index >= 15 is 0 Å². The number of aryl methyl sites for hydroxylation is 1. The summed E-state index contributed by atoms with van der Waals surface area (Å²) in [6.07, 6.45) is 1.35. The van der Waals surface area contributed by atoms with Gasteiger partial charge in [-0.25, -0.2) is 4.79 Å². The summed E-state index contributed by atoms with van der Waals surface area (Å²) in [5.41, 5.74) is 5.02. The van der Waals surface area contributed by atoms with Gasteiger partial charge in [-0.2, -0.15) is 0 Å². The summed E-state index contributed by atoms with van der Waals surface area (Å²) in [4.78, 5) is 31.0. The molecule has 7 heteroatoms. The lowest BCUT2D eigenvalue weighted by Crippen LogP contribution is -2.50. The lowest BCUT2D eigenvalue weighted by molar-refractivity contribution is -0.117. The minimum absolute atomic E-state index is 0.0208. The van der Waals surface area contributed by atoms with Crippen LogP contribution in [0.2, 0.25) is 0 Å². The number of piperidine rings is 1. The molecule has 0 bridgehead atoms. The highest BCUT2D eigenvalue weighted by atomic mass is 16.6. The van der Waals surface area contributed by atoms with E-state index in [1.165, 1.54) is 0 Å². The number of ether oxygens (including phenoxy) is 1. The van der Waals surface area contributed by atoms with Crippen LogP contribution in [0.5, 0.6) is 0 Å². The van der Waals surface area contributed by atoms with Crippen molar-refractivity contribution in [3.05, 3.63) is 53.6 Å². The van der Waals surface area contributed by atoms with Gasteiger partial charge in [-0.1, -0.05) is 23.8 Å². The van der Waals surface area contributed by atoms with E-state index < -0.39 is 0 Å². The van der Waals surface area contributed by atoms with E-state index in [1.807, 2.05) is 67.2 Å². The van der Waals surface area contributed by atoms with Crippen molar-refractivity contribution < 1.29 is 14.3 Å². The van der Waals surface area contributed by atoms with Gasteiger partial charge >= 0.3 is 6.09 Å². The normalized spacial score (nSPS) is 17.1. The molecular formula is C24H30N4O3. The number of cyclic esters (lactones) is 1. The first kappa shape index (κ1) is 21.2. The zero-order chi connectivity index (χ0) is 22.0. The highest BCUT2D eigenvalue weighted by molar-refractivity contribution is 5.93. The summed E-state index contributed by atoms with van der Waals surface area (Å²) in [6, 6.07) is 14.0. The number of carbonyl (C=O) groups is 2. The van der Waals surface area contributed by atoms with Gasteiger partial charge in [-0.05, 0) is 44.0 Å². The standard InChI is InChI=1S/C24H30N4O3/c1-17-7-8-22-18(13-17)16-31-24(30)28(22)20-9-11-27(12-10-20)15-23(29)25-19-5-4-6-21(14-19)26(2)3/h4-8,13-14,20H,9-12,15-16H2,1-3H3,(H,25,29). The summed E-state index contributed by atoms with van der Waals surface area (Å²) in [7, 11) is 3.95. The fourth-order valence-electron chi connectivity index (χ4n) is 4.32. The molecule has 31 heavy (non-hydrogen) atoms. The average Bonchev–Trinajstić information content (AvgIpc) is 2.75. The average molecular weight is 423 g/mol. The number of benzene rings is 2. The summed E-state index contributed by atoms with van der Waals surface area (Å²) in [5.74, 6) is -0.0208. The molecule has 2 aromatic rings. The van der Waals surface area contributed by atoms with Gasteiger partial charge in [0.1, 0.15) is 6.61 Å². The fourth-order valence-corrected chi connectivity index (χ4v) is 4.32. The minimum atomic E-state index is -0.270. The van der Waals surface area contributed by atoms with Gasteiger partial charge in [0.05, 0.1) is 12.2 Å². The predicted molar refractivity (Wildman–Crippen MR) is 123 cm³/mol. The zero-order valence-corrected chi connectivity index (χ0v) is 18.4. The van der Waals surface area contributed by atoms with Crippen LogP contribution in [0.15, 0.2) is 42.5 Å². The second-order valence-corrected chi connectivity index (χ2v) is 8.56. The number of amides is 2. The van der Waals surface area contributed by atoms with Crippen LogP contribution in [0.3, 0.4) is 0 Å². The van der Waals surface area contributed by atoms with E-state index in [9.17, 15) is 9.59 Å². The maximum absolute atomic E-state index is 12.5. The van der Waals surface area contributed by atoms with Gasteiger partial charge in [0, 0.05) is 50.2 Å². The van der Waals surface area contributed by atoms with Crippen molar-refractivity contribution >= 4 is 29.1 Å². The summed E-state index contributed by atoms with van der Waals surface area (Å²) in [5, 5.41) is 2.99. The Hall–Kier alpha value is -3.06. The van der Waals surface area contributed by atoms with Crippen LogP contribution in [0.4, 0.5) is 21.9 Å². The maximum Gasteiger partial charge on any atom is 0.414 e. The first-order chi connectivity index (χ1) is 14.9. The molecule has 2 amide bonds. The van der Waals surface area contributed by atoms with Crippen molar-refractivity contribution in [2.45, 2.75) is 32.4 Å². The van der Waals surface area contributed by atoms with Crippen molar-refractivity contribution in [2.75, 3.05) is 48.8 Å². The number of fused-ring (bicyclic) bond motifs is 1. The van der Waals surface area contributed by atoms with Gasteiger partial charge in [-0.15, -0.1) is 0 Å². The Bertz CT molecular complexity index is 967. The molecule has 0 radical (unpaired) electrons. The largest absolute Gasteiger partial charge is 0.444 e. The molecule has 0 aromatic heterocycles. The number of likely N-dealkylation sites (tertiary alicyclic amines) is 1. The number of nitrogens with one attached hydrogen (secondary N) is 1. The smallest absolute Gasteiger partial charge is 0.414 e. The van der Waals surface area contributed by atoms with Gasteiger partial charge < -0.3 is 15.0 Å². The number of carbonyl (C=O) groups excluding carboxylic acids is 2. The molecule has 2 aliphatic rings. The molecule has 2 aliphatic heterocycles. The molecule has 1 saturated heterocycles. The van der Waals surface area contributed by atoms with Crippen molar-refractivity contribution in [2.24, 2.45) is 0 Å². The third-order valence-corrected chi connectivity index (χ3v) is 5.98. The van der Waals surface area contributed by atoms with Gasteiger partial charge in [0.15, 0.2) is 0 Å². The highest BCUT2D eigenvalue weighted by Crippen LogP contribution is 2.32. The molecule has 2 aromatic carbocycles. The topological polar surface area (TPSA) is 65.1 Å². The van der Waals surface area contributed by atoms with Crippen LogP contribution in [-0.4, -0.2) is 56.7 Å². The van der Waals surface area contributed by atoms with Crippen molar-refractivity contribution in [3.8, 4) is 0 Å². The molecule has 0 saturated carbocycles. The predicted octanol–water partition coefficient (Wildman–Crippen LogP) is 3.62. The van der Waals surface area contributed by atoms with E-state index in [0.717, 1.165) is 54.1 Å². The Balaban J connectivity index is 1.33. The third-order valence-electron chi connectivity index (χ3n) is 5.98. The first-order valence-corrected chi connectivity index (χ1v) is 10.8. The van der Waals surface area contributed by atoms with Crippen LogP contribution >= 0.6 is 0 Å². The first-order valence-electron chi connectivity index (χ1n) is 10.8. The molecule has 164 valence electrons. The Morgan fingerprint density at radius 2 is 1.94 bits per heavy atom. The minimum Gasteiger partial charge on any atom is -0.444 e. The lowest BCUT2D eigenvalue weighted by atomic mass is 10.00. The van der Waals surface area contributed by atoms with Crippen LogP contribution in [0.25, 0.3) is 0 Å². The number of hydrogen-bond acceptors (Lipinski definition) is 5. The lowest BCUT2D eigenvalue weighted by Gasteiger charge is -2.40. The van der Waals surface area contributed by atoms with Crippen LogP contribution < -0.4 is 15.1 Å². The van der Waals surface area contributed by atoms with E-state index in [2.05, 4.69) is 16.3 Å². The van der Waals surface area contributed by atoms with Crippen molar-refractivity contribution in [1.29, 1.82) is 0 Å². The summed E-state index contributed by atoms with van der Waals surface area (Å²) in [6.45, 7) is 4.25.